The van der Waals surface area contributed by atoms with Gasteiger partial charge in [-0.2, -0.15) is 0 Å². The maximum atomic E-state index is 12.4. The minimum Gasteiger partial charge on any atom is -0.326 e. The second kappa shape index (κ2) is 8.89. The monoisotopic (exact) mass is 430 g/mol. The number of aromatic nitrogens is 2. The summed E-state index contributed by atoms with van der Waals surface area (Å²) in [5.41, 5.74) is 2.44. The highest BCUT2D eigenvalue weighted by atomic mass is 35.5. The van der Waals surface area contributed by atoms with Gasteiger partial charge >= 0.3 is 0 Å². The summed E-state index contributed by atoms with van der Waals surface area (Å²) in [5.74, 6) is 0.563. The number of halogens is 2. The maximum Gasteiger partial charge on any atom is 0.224 e. The van der Waals surface area contributed by atoms with Crippen molar-refractivity contribution >= 4 is 58.7 Å². The van der Waals surface area contributed by atoms with E-state index in [1.165, 1.54) is 35.9 Å². The molecule has 2 saturated heterocycles. The first-order valence-electron chi connectivity index (χ1n) is 8.45. The van der Waals surface area contributed by atoms with Crippen molar-refractivity contribution in [2.24, 2.45) is 5.92 Å². The van der Waals surface area contributed by atoms with Gasteiger partial charge in [0.05, 0.1) is 5.02 Å². The average Bonchev–Trinajstić information content (AvgIpc) is 3.19. The van der Waals surface area contributed by atoms with E-state index in [0.717, 1.165) is 27.8 Å². The van der Waals surface area contributed by atoms with Gasteiger partial charge in [-0.3, -0.25) is 4.79 Å². The molecule has 9 heteroatoms. The van der Waals surface area contributed by atoms with Crippen LogP contribution in [0.15, 0.2) is 32.9 Å². The first-order chi connectivity index (χ1) is 12.2. The zero-order chi connectivity index (χ0) is 17.2. The van der Waals surface area contributed by atoms with Crippen molar-refractivity contribution in [1.82, 2.24) is 15.5 Å². The fourth-order valence-corrected chi connectivity index (χ4v) is 5.51. The van der Waals surface area contributed by atoms with Crippen LogP contribution in [0, 0.1) is 5.92 Å². The fourth-order valence-electron chi connectivity index (χ4n) is 3.78. The van der Waals surface area contributed by atoms with Crippen LogP contribution in [0.5, 0.6) is 0 Å². The molecule has 2 aliphatic heterocycles. The minimum atomic E-state index is 0. The normalized spacial score (nSPS) is 24.1. The number of hydrogen-bond donors (Lipinski definition) is 2. The molecule has 2 fully saturated rings. The molecule has 2 bridgehead atoms. The summed E-state index contributed by atoms with van der Waals surface area (Å²) in [4.78, 5) is 13.3. The summed E-state index contributed by atoms with van der Waals surface area (Å²) in [6.45, 7) is 0. The predicted molar refractivity (Wildman–Crippen MR) is 109 cm³/mol. The van der Waals surface area contributed by atoms with E-state index in [-0.39, 0.29) is 18.3 Å². The first kappa shape index (κ1) is 19.9. The highest BCUT2D eigenvalue weighted by Crippen LogP contribution is 2.36. The van der Waals surface area contributed by atoms with Crippen molar-refractivity contribution in [2.75, 3.05) is 5.32 Å². The molecule has 1 amide bonds. The lowest BCUT2D eigenvalue weighted by Gasteiger charge is -2.28. The zero-order valence-electron chi connectivity index (χ0n) is 14.0. The van der Waals surface area contributed by atoms with Gasteiger partial charge in [-0.05, 0) is 49.8 Å². The smallest absolute Gasteiger partial charge is 0.224 e. The molecule has 5 nitrogen and oxygen atoms in total. The Kier molecular flexibility index (Phi) is 6.80. The van der Waals surface area contributed by atoms with Gasteiger partial charge in [0.15, 0.2) is 4.34 Å². The minimum absolute atomic E-state index is 0. The molecule has 0 spiro atoms. The summed E-state index contributed by atoms with van der Waals surface area (Å²) < 4.78 is 0.847. The number of piperidine rings is 1. The number of carbonyl (C=O) groups excluding carboxylic acids is 1. The fraction of sp³-hybridized carbons (Fsp3) is 0.471. The predicted octanol–water partition coefficient (Wildman–Crippen LogP) is 4.62. The van der Waals surface area contributed by atoms with E-state index in [9.17, 15) is 4.79 Å². The van der Waals surface area contributed by atoms with Crippen molar-refractivity contribution in [1.29, 1.82) is 0 Å². The van der Waals surface area contributed by atoms with E-state index < -0.39 is 0 Å². The number of benzene rings is 1. The van der Waals surface area contributed by atoms with Crippen LogP contribution in [0.2, 0.25) is 5.02 Å². The summed E-state index contributed by atoms with van der Waals surface area (Å²) >= 11 is 9.30. The SMILES string of the molecule is Cl.O=C(CC1CC2CCC(C1)N2)Nc1ccc(Sc2nncs2)c(Cl)c1. The Balaban J connectivity index is 0.00000196. The van der Waals surface area contributed by atoms with E-state index in [2.05, 4.69) is 20.8 Å². The Labute approximate surface area is 172 Å². The highest BCUT2D eigenvalue weighted by molar-refractivity contribution is 8.01. The van der Waals surface area contributed by atoms with Gasteiger partial charge in [0.2, 0.25) is 5.91 Å². The van der Waals surface area contributed by atoms with Gasteiger partial charge in [0.1, 0.15) is 5.51 Å². The molecule has 1 aromatic heterocycles. The molecule has 1 aromatic carbocycles. The van der Waals surface area contributed by atoms with Crippen molar-refractivity contribution in [3.8, 4) is 0 Å². The third-order valence-corrected chi connectivity index (χ3v) is 7.08. The molecule has 2 atom stereocenters. The number of nitrogens with one attached hydrogen (secondary N) is 2. The van der Waals surface area contributed by atoms with Crippen LogP contribution in [0.3, 0.4) is 0 Å². The van der Waals surface area contributed by atoms with Crippen LogP contribution in [0.4, 0.5) is 5.69 Å². The summed E-state index contributed by atoms with van der Waals surface area (Å²) in [7, 11) is 0. The maximum absolute atomic E-state index is 12.4. The molecule has 3 heterocycles. The quantitative estimate of drug-likeness (QED) is 0.723. The van der Waals surface area contributed by atoms with Gasteiger partial charge in [-0.15, -0.1) is 22.6 Å². The molecule has 2 aliphatic rings. The van der Waals surface area contributed by atoms with Gasteiger partial charge in [-0.1, -0.05) is 34.7 Å². The second-order valence-corrected chi connectivity index (χ2v) is 9.21. The number of anilines is 1. The molecule has 2 aromatic rings. The van der Waals surface area contributed by atoms with Gasteiger partial charge < -0.3 is 10.6 Å². The standard InChI is InChI=1S/C17H19ClN4OS2.ClH/c18-14-8-13(3-4-15(14)25-17-22-19-9-24-17)21-16(23)7-10-5-11-1-2-12(6-10)20-11;/h3-4,8-12,20H,1-2,5-7H2,(H,21,23);1H. The Morgan fingerprint density at radius 2 is 2.12 bits per heavy atom. The molecule has 4 rings (SSSR count). The molecule has 2 unspecified atom stereocenters. The number of carbonyl (C=O) groups is 1. The lowest BCUT2D eigenvalue weighted by Crippen LogP contribution is -2.39. The van der Waals surface area contributed by atoms with E-state index in [1.807, 2.05) is 12.1 Å². The summed E-state index contributed by atoms with van der Waals surface area (Å²) in [5, 5.41) is 15.0. The Bertz CT molecular complexity index is 747. The molecule has 0 aliphatic carbocycles. The highest BCUT2D eigenvalue weighted by Gasteiger charge is 2.34. The van der Waals surface area contributed by atoms with Crippen molar-refractivity contribution in [3.63, 3.8) is 0 Å². The topological polar surface area (TPSA) is 66.9 Å². The number of rotatable bonds is 5. The van der Waals surface area contributed by atoms with Crippen molar-refractivity contribution in [3.05, 3.63) is 28.7 Å². The Morgan fingerprint density at radius 1 is 1.35 bits per heavy atom. The molecule has 0 radical (unpaired) electrons. The van der Waals surface area contributed by atoms with Crippen LogP contribution in [0.1, 0.15) is 32.1 Å². The van der Waals surface area contributed by atoms with Crippen molar-refractivity contribution < 1.29 is 4.79 Å². The number of nitrogens with zero attached hydrogens (tertiary/aromatic N) is 2. The van der Waals surface area contributed by atoms with Gasteiger partial charge in [-0.25, -0.2) is 0 Å². The lowest BCUT2D eigenvalue weighted by atomic mass is 9.89. The lowest BCUT2D eigenvalue weighted by molar-refractivity contribution is -0.117. The molecular weight excluding hydrogens is 411 g/mol. The first-order valence-corrected chi connectivity index (χ1v) is 10.5. The number of hydrogen-bond acceptors (Lipinski definition) is 6. The van der Waals surface area contributed by atoms with E-state index in [1.54, 1.807) is 11.6 Å². The van der Waals surface area contributed by atoms with E-state index in [0.29, 0.717) is 29.4 Å². The van der Waals surface area contributed by atoms with Gasteiger partial charge in [0.25, 0.3) is 0 Å². The zero-order valence-corrected chi connectivity index (χ0v) is 17.2. The Hall–Kier alpha value is -0.860. The Morgan fingerprint density at radius 3 is 2.77 bits per heavy atom. The third kappa shape index (κ3) is 4.89. The molecule has 140 valence electrons. The molecular formula is C17H20Cl2N4OS2. The van der Waals surface area contributed by atoms with E-state index in [4.69, 9.17) is 11.6 Å². The molecule has 2 N–H and O–H groups in total. The van der Waals surface area contributed by atoms with Crippen LogP contribution >= 0.6 is 47.1 Å². The van der Waals surface area contributed by atoms with Crippen LogP contribution in [-0.4, -0.2) is 28.2 Å². The van der Waals surface area contributed by atoms with Crippen LogP contribution < -0.4 is 10.6 Å². The van der Waals surface area contributed by atoms with Crippen molar-refractivity contribution in [2.45, 2.75) is 53.4 Å². The van der Waals surface area contributed by atoms with Crippen LogP contribution in [0.25, 0.3) is 0 Å². The third-order valence-electron chi connectivity index (χ3n) is 4.80. The van der Waals surface area contributed by atoms with E-state index >= 15 is 0 Å². The second-order valence-electron chi connectivity index (χ2n) is 6.68. The largest absolute Gasteiger partial charge is 0.326 e. The average molecular weight is 431 g/mol. The molecule has 0 saturated carbocycles. The summed E-state index contributed by atoms with van der Waals surface area (Å²) in [6.07, 6.45) is 5.33. The number of fused-ring (bicyclic) bond motifs is 2. The summed E-state index contributed by atoms with van der Waals surface area (Å²) in [6, 6.07) is 6.83. The molecule has 26 heavy (non-hydrogen) atoms. The van der Waals surface area contributed by atoms with Gasteiger partial charge in [0, 0.05) is 29.1 Å². The number of amides is 1. The van der Waals surface area contributed by atoms with Crippen LogP contribution in [-0.2, 0) is 4.79 Å².